The molecule has 0 unspecified atom stereocenters. The lowest BCUT2D eigenvalue weighted by Gasteiger charge is -2.23. The summed E-state index contributed by atoms with van der Waals surface area (Å²) >= 11 is 0. The zero-order valence-electron chi connectivity index (χ0n) is 25.9. The summed E-state index contributed by atoms with van der Waals surface area (Å²) < 4.78 is 3.11. The molecule has 0 N–H and O–H groups in total. The topological polar surface area (TPSA) is 0 Å². The van der Waals surface area contributed by atoms with Crippen molar-refractivity contribution in [3.8, 4) is 0 Å². The average molecular weight is 733 g/mol. The highest BCUT2D eigenvalue weighted by molar-refractivity contribution is 5.15. The minimum atomic E-state index is 0. The SMILES string of the molecule is C[N+](C)(C)CCc1ccccc1.C[N+](C)(C)CCc1ccccc1.C[N+](C)(C)CCc1ccccc1.[Br-].[Br-].[Br-]. The quantitative estimate of drug-likeness (QED) is 0.204. The van der Waals surface area contributed by atoms with Crippen molar-refractivity contribution >= 4 is 0 Å². The zero-order valence-corrected chi connectivity index (χ0v) is 30.6. The van der Waals surface area contributed by atoms with Gasteiger partial charge < -0.3 is 64.4 Å². The summed E-state index contributed by atoms with van der Waals surface area (Å²) in [7, 11) is 20.0. The summed E-state index contributed by atoms with van der Waals surface area (Å²) in [5.74, 6) is 0. The van der Waals surface area contributed by atoms with Crippen LogP contribution in [0.15, 0.2) is 91.0 Å². The highest BCUT2D eigenvalue weighted by Crippen LogP contribution is 2.04. The predicted molar refractivity (Wildman–Crippen MR) is 159 cm³/mol. The van der Waals surface area contributed by atoms with Crippen LogP contribution in [0.1, 0.15) is 16.7 Å². The van der Waals surface area contributed by atoms with E-state index >= 15 is 0 Å². The Morgan fingerprint density at radius 1 is 0.333 bits per heavy atom. The molecule has 39 heavy (non-hydrogen) atoms. The maximum absolute atomic E-state index is 2.23. The fourth-order valence-electron chi connectivity index (χ4n) is 3.33. The van der Waals surface area contributed by atoms with Gasteiger partial charge in [-0.1, -0.05) is 91.0 Å². The molecule has 0 aliphatic heterocycles. The average Bonchev–Trinajstić information content (AvgIpc) is 2.82. The van der Waals surface area contributed by atoms with E-state index in [9.17, 15) is 0 Å². The maximum atomic E-state index is 2.23. The smallest absolute Gasteiger partial charge is 0.0821 e. The molecule has 222 valence electrons. The minimum absolute atomic E-state index is 0. The van der Waals surface area contributed by atoms with E-state index in [1.54, 1.807) is 0 Å². The van der Waals surface area contributed by atoms with Crippen LogP contribution in [0.3, 0.4) is 0 Å². The van der Waals surface area contributed by atoms with Gasteiger partial charge in [0.2, 0.25) is 0 Å². The van der Waals surface area contributed by atoms with Gasteiger partial charge in [-0.25, -0.2) is 0 Å². The van der Waals surface area contributed by atoms with Gasteiger partial charge in [-0.05, 0) is 16.7 Å². The zero-order chi connectivity index (χ0) is 27.1. The van der Waals surface area contributed by atoms with E-state index in [2.05, 4.69) is 154 Å². The summed E-state index contributed by atoms with van der Waals surface area (Å²) in [6.07, 6.45) is 3.51. The predicted octanol–water partition coefficient (Wildman–Crippen LogP) is -3.18. The van der Waals surface area contributed by atoms with Crippen molar-refractivity contribution in [3.63, 3.8) is 0 Å². The summed E-state index contributed by atoms with van der Waals surface area (Å²) in [4.78, 5) is 0. The van der Waals surface area contributed by atoms with Crippen molar-refractivity contribution in [1.82, 2.24) is 0 Å². The van der Waals surface area contributed by atoms with Crippen LogP contribution < -0.4 is 50.9 Å². The Bertz CT molecular complexity index is 804. The van der Waals surface area contributed by atoms with Crippen LogP contribution in [-0.4, -0.2) is 96.5 Å². The largest absolute Gasteiger partial charge is 1.00 e. The van der Waals surface area contributed by atoms with Gasteiger partial charge >= 0.3 is 0 Å². The van der Waals surface area contributed by atoms with Crippen LogP contribution >= 0.6 is 0 Å². The molecule has 0 amide bonds. The number of benzene rings is 3. The molecule has 0 fully saturated rings. The number of quaternary nitrogens is 3. The van der Waals surface area contributed by atoms with Gasteiger partial charge in [-0.3, -0.25) is 0 Å². The van der Waals surface area contributed by atoms with E-state index in [0.29, 0.717) is 0 Å². The van der Waals surface area contributed by atoms with Crippen molar-refractivity contribution in [3.05, 3.63) is 108 Å². The molecule has 0 saturated heterocycles. The number of hydrogen-bond donors (Lipinski definition) is 0. The van der Waals surface area contributed by atoms with Crippen LogP contribution in [0.25, 0.3) is 0 Å². The minimum Gasteiger partial charge on any atom is -1.00 e. The Labute approximate surface area is 272 Å². The van der Waals surface area contributed by atoms with Crippen molar-refractivity contribution in [2.45, 2.75) is 19.3 Å². The summed E-state index contributed by atoms with van der Waals surface area (Å²) in [5, 5.41) is 0. The maximum Gasteiger partial charge on any atom is 0.0821 e. The van der Waals surface area contributed by atoms with E-state index in [1.165, 1.54) is 55.6 Å². The van der Waals surface area contributed by atoms with Crippen LogP contribution in [0, 0.1) is 0 Å². The number of likely N-dealkylation sites (N-methyl/N-ethyl adjacent to an activating group) is 3. The Morgan fingerprint density at radius 3 is 0.667 bits per heavy atom. The first-order valence-electron chi connectivity index (χ1n) is 13.3. The van der Waals surface area contributed by atoms with E-state index in [1.807, 2.05) is 0 Å². The first-order chi connectivity index (χ1) is 16.7. The molecule has 6 heteroatoms. The molecule has 0 aliphatic rings. The van der Waals surface area contributed by atoms with Crippen LogP contribution in [-0.2, 0) is 19.3 Å². The summed E-state index contributed by atoms with van der Waals surface area (Å²) in [6.45, 7) is 3.60. The fraction of sp³-hybridized carbons (Fsp3) is 0.455. The molecule has 0 aromatic heterocycles. The molecule has 3 aromatic rings. The monoisotopic (exact) mass is 729 g/mol. The Morgan fingerprint density at radius 2 is 0.513 bits per heavy atom. The fourth-order valence-corrected chi connectivity index (χ4v) is 3.33. The van der Waals surface area contributed by atoms with Gasteiger partial charge in [0, 0.05) is 19.3 Å². The number of hydrogen-bond acceptors (Lipinski definition) is 0. The molecule has 3 nitrogen and oxygen atoms in total. The van der Waals surface area contributed by atoms with Gasteiger partial charge in [0.1, 0.15) is 0 Å². The molecule has 3 aromatic carbocycles. The molecule has 0 aliphatic carbocycles. The standard InChI is InChI=1S/3C11H18N.3BrH/c3*1-12(2,3)10-9-11-7-5-4-6-8-11;;;/h3*4-8H,9-10H2,1-3H3;3*1H/q3*+1;;;/p-3. The van der Waals surface area contributed by atoms with Crippen molar-refractivity contribution in [2.75, 3.05) is 83.1 Å². The van der Waals surface area contributed by atoms with Crippen molar-refractivity contribution in [1.29, 1.82) is 0 Å². The molecule has 0 radical (unpaired) electrons. The van der Waals surface area contributed by atoms with Crippen LogP contribution in [0.4, 0.5) is 0 Å². The molecule has 3 rings (SSSR count). The van der Waals surface area contributed by atoms with Gasteiger partial charge in [-0.2, -0.15) is 0 Å². The Kier molecular flexibility index (Phi) is 23.6. The van der Waals surface area contributed by atoms with Gasteiger partial charge in [-0.15, -0.1) is 0 Å². The molecule has 0 bridgehead atoms. The second-order valence-corrected chi connectivity index (χ2v) is 12.7. The molecule has 0 saturated carbocycles. The van der Waals surface area contributed by atoms with Crippen LogP contribution in [0.2, 0.25) is 0 Å². The first kappa shape index (κ1) is 42.4. The van der Waals surface area contributed by atoms with Gasteiger partial charge in [0.25, 0.3) is 0 Å². The Balaban J connectivity index is -0.000000480. The highest BCUT2D eigenvalue weighted by Gasteiger charge is 2.07. The highest BCUT2D eigenvalue weighted by atomic mass is 79.9. The molecule has 0 atom stereocenters. The lowest BCUT2D eigenvalue weighted by molar-refractivity contribution is -0.870. The lowest BCUT2D eigenvalue weighted by Crippen LogP contribution is -3.00. The van der Waals surface area contributed by atoms with E-state index < -0.39 is 0 Å². The van der Waals surface area contributed by atoms with Gasteiger partial charge in [0.15, 0.2) is 0 Å². The Hall–Kier alpha value is -1.02. The normalized spacial score (nSPS) is 10.7. The van der Waals surface area contributed by atoms with Crippen molar-refractivity contribution < 1.29 is 64.4 Å². The third-order valence-electron chi connectivity index (χ3n) is 5.74. The van der Waals surface area contributed by atoms with Crippen molar-refractivity contribution in [2.24, 2.45) is 0 Å². The lowest BCUT2D eigenvalue weighted by atomic mass is 10.1. The third kappa shape index (κ3) is 26.9. The number of nitrogens with zero attached hydrogens (tertiary/aromatic N) is 3. The summed E-state index contributed by atoms with van der Waals surface area (Å²) in [5.41, 5.74) is 4.31. The molecular formula is C33H54Br3N3. The third-order valence-corrected chi connectivity index (χ3v) is 5.74. The van der Waals surface area contributed by atoms with Gasteiger partial charge in [0.05, 0.1) is 83.1 Å². The second-order valence-electron chi connectivity index (χ2n) is 12.7. The first-order valence-corrected chi connectivity index (χ1v) is 13.3. The van der Waals surface area contributed by atoms with Crippen LogP contribution in [0.5, 0.6) is 0 Å². The molecule has 0 spiro atoms. The number of rotatable bonds is 9. The molecule has 0 heterocycles. The number of halogens is 3. The van der Waals surface area contributed by atoms with E-state index in [-0.39, 0.29) is 50.9 Å². The summed E-state index contributed by atoms with van der Waals surface area (Å²) in [6, 6.07) is 31.9. The second kappa shape index (κ2) is 21.7. The van der Waals surface area contributed by atoms with E-state index in [4.69, 9.17) is 0 Å². The molecular weight excluding hydrogens is 678 g/mol. The van der Waals surface area contributed by atoms with E-state index in [0.717, 1.165) is 13.4 Å².